The van der Waals surface area contributed by atoms with Crippen LogP contribution in [0, 0.1) is 5.82 Å². The van der Waals surface area contributed by atoms with Crippen molar-refractivity contribution in [3.8, 4) is 5.75 Å². The molecule has 1 aliphatic heterocycles. The van der Waals surface area contributed by atoms with Crippen molar-refractivity contribution in [2.24, 2.45) is 0 Å². The largest absolute Gasteiger partial charge is 0.492 e. The average Bonchev–Trinajstić information content (AvgIpc) is 3.05. The molecule has 0 radical (unpaired) electrons. The third kappa shape index (κ3) is 3.65. The van der Waals surface area contributed by atoms with Crippen molar-refractivity contribution < 1.29 is 28.2 Å². The fourth-order valence-electron chi connectivity index (χ4n) is 4.12. The first-order chi connectivity index (χ1) is 15.9. The molecule has 0 fully saturated rings. The number of esters is 1. The van der Waals surface area contributed by atoms with Gasteiger partial charge in [0.05, 0.1) is 36.4 Å². The zero-order chi connectivity index (χ0) is 23.7. The number of nitrogens with zero attached hydrogens (tertiary/aromatic N) is 1. The molecule has 6 nitrogen and oxygen atoms in total. The van der Waals surface area contributed by atoms with Gasteiger partial charge in [-0.05, 0) is 42.5 Å². The molecule has 3 aromatic carbocycles. The Morgan fingerprint density at radius 1 is 1.03 bits per heavy atom. The van der Waals surface area contributed by atoms with Gasteiger partial charge < -0.3 is 9.47 Å². The molecule has 0 atom stereocenters. The molecular weight excluding hydrogens is 425 g/mol. The molecule has 0 N–H and O–H groups in total. The van der Waals surface area contributed by atoms with Crippen LogP contribution in [0.2, 0.25) is 0 Å². The highest BCUT2D eigenvalue weighted by molar-refractivity contribution is 6.38. The monoisotopic (exact) mass is 447 g/mol. The van der Waals surface area contributed by atoms with Crippen LogP contribution in [0.15, 0.2) is 49.0 Å². The predicted molar refractivity (Wildman–Crippen MR) is 123 cm³/mol. The van der Waals surface area contributed by atoms with E-state index in [2.05, 4.69) is 6.58 Å². The predicted octanol–water partition coefficient (Wildman–Crippen LogP) is 4.93. The van der Waals surface area contributed by atoms with Crippen molar-refractivity contribution in [1.29, 1.82) is 0 Å². The van der Waals surface area contributed by atoms with Crippen LogP contribution < -0.4 is 9.64 Å². The van der Waals surface area contributed by atoms with Gasteiger partial charge >= 0.3 is 5.97 Å². The molecule has 0 saturated carbocycles. The van der Waals surface area contributed by atoms with Gasteiger partial charge in [0, 0.05) is 5.39 Å². The van der Waals surface area contributed by atoms with Crippen LogP contribution in [-0.2, 0) is 16.0 Å². The number of rotatable bonds is 7. The van der Waals surface area contributed by atoms with Gasteiger partial charge in [0.25, 0.3) is 11.8 Å². The maximum atomic E-state index is 15.1. The number of imide groups is 1. The summed E-state index contributed by atoms with van der Waals surface area (Å²) < 4.78 is 25.8. The summed E-state index contributed by atoms with van der Waals surface area (Å²) in [5.74, 6) is -2.34. The van der Waals surface area contributed by atoms with E-state index in [9.17, 15) is 14.4 Å². The number of ether oxygens (including phenoxy) is 2. The minimum absolute atomic E-state index is 0.0884. The SMILES string of the molecule is C=Cc1c2c(c(OCC)c3ccccc13)C(=O)N(c1ccc(CC(=O)OCC)cc1F)C2=O. The summed E-state index contributed by atoms with van der Waals surface area (Å²) in [6, 6.07) is 11.2. The van der Waals surface area contributed by atoms with Crippen molar-refractivity contribution in [3.05, 3.63) is 77.1 Å². The van der Waals surface area contributed by atoms with Crippen molar-refractivity contribution in [2.75, 3.05) is 18.1 Å². The Kier molecular flexibility index (Phi) is 5.96. The third-order valence-corrected chi connectivity index (χ3v) is 5.44. The second-order valence-electron chi connectivity index (χ2n) is 7.39. The summed E-state index contributed by atoms with van der Waals surface area (Å²) in [6.45, 7) is 7.78. The first-order valence-electron chi connectivity index (χ1n) is 10.6. The van der Waals surface area contributed by atoms with E-state index in [-0.39, 0.29) is 42.2 Å². The summed E-state index contributed by atoms with van der Waals surface area (Å²) in [5, 5.41) is 1.38. The lowest BCUT2D eigenvalue weighted by molar-refractivity contribution is -0.142. The van der Waals surface area contributed by atoms with E-state index in [1.54, 1.807) is 19.9 Å². The molecule has 1 heterocycles. The van der Waals surface area contributed by atoms with Gasteiger partial charge in [-0.2, -0.15) is 0 Å². The highest BCUT2D eigenvalue weighted by Gasteiger charge is 2.43. The minimum Gasteiger partial charge on any atom is -0.492 e. The fraction of sp³-hybridized carbons (Fsp3) is 0.192. The molecule has 2 amide bonds. The van der Waals surface area contributed by atoms with Crippen LogP contribution in [0.4, 0.5) is 10.1 Å². The van der Waals surface area contributed by atoms with Crippen molar-refractivity contribution >= 4 is 40.3 Å². The first-order valence-corrected chi connectivity index (χ1v) is 10.6. The fourth-order valence-corrected chi connectivity index (χ4v) is 4.12. The Bertz CT molecular complexity index is 1310. The Balaban J connectivity index is 1.85. The first kappa shape index (κ1) is 22.2. The number of fused-ring (bicyclic) bond motifs is 2. The highest BCUT2D eigenvalue weighted by Crippen LogP contribution is 2.43. The molecule has 0 saturated heterocycles. The van der Waals surface area contributed by atoms with E-state index in [0.29, 0.717) is 21.9 Å². The molecule has 0 bridgehead atoms. The van der Waals surface area contributed by atoms with Gasteiger partial charge in [0.2, 0.25) is 0 Å². The van der Waals surface area contributed by atoms with Crippen LogP contribution in [0.5, 0.6) is 5.75 Å². The second-order valence-corrected chi connectivity index (χ2v) is 7.39. The Labute approximate surface area is 190 Å². The number of hydrogen-bond acceptors (Lipinski definition) is 5. The van der Waals surface area contributed by atoms with Gasteiger partial charge in [0.1, 0.15) is 11.6 Å². The van der Waals surface area contributed by atoms with Gasteiger partial charge in [-0.1, -0.05) is 43.0 Å². The lowest BCUT2D eigenvalue weighted by atomic mass is 9.94. The van der Waals surface area contributed by atoms with Crippen LogP contribution in [0.1, 0.15) is 45.7 Å². The Hall–Kier alpha value is -4.00. The Morgan fingerprint density at radius 3 is 2.36 bits per heavy atom. The van der Waals surface area contributed by atoms with Gasteiger partial charge in [-0.25, -0.2) is 9.29 Å². The highest BCUT2D eigenvalue weighted by atomic mass is 19.1. The molecule has 0 aliphatic carbocycles. The van der Waals surface area contributed by atoms with E-state index >= 15 is 4.39 Å². The zero-order valence-corrected chi connectivity index (χ0v) is 18.3. The topological polar surface area (TPSA) is 72.9 Å². The summed E-state index contributed by atoms with van der Waals surface area (Å²) in [7, 11) is 0. The standard InChI is InChI=1S/C26H22FNO5/c1-4-16-17-9-7-8-10-18(17)24(33-6-3)23-22(16)25(30)28(26(23)31)20-12-11-15(13-19(20)27)14-21(29)32-5-2/h4,7-13H,1,5-6,14H2,2-3H3. The third-order valence-electron chi connectivity index (χ3n) is 5.44. The maximum Gasteiger partial charge on any atom is 0.310 e. The molecule has 168 valence electrons. The molecule has 7 heteroatoms. The molecule has 0 unspecified atom stereocenters. The van der Waals surface area contributed by atoms with Crippen molar-refractivity contribution in [3.63, 3.8) is 0 Å². The van der Waals surface area contributed by atoms with Crippen LogP contribution >= 0.6 is 0 Å². The summed E-state index contributed by atoms with van der Waals surface area (Å²) >= 11 is 0. The summed E-state index contributed by atoms with van der Waals surface area (Å²) in [4.78, 5) is 39.4. The van der Waals surface area contributed by atoms with Crippen LogP contribution in [0.25, 0.3) is 16.8 Å². The molecular formula is C26H22FNO5. The second kappa shape index (κ2) is 8.86. The number of amides is 2. The van der Waals surface area contributed by atoms with Crippen molar-refractivity contribution in [1.82, 2.24) is 0 Å². The summed E-state index contributed by atoms with van der Waals surface area (Å²) in [6.07, 6.45) is 1.40. The molecule has 33 heavy (non-hydrogen) atoms. The molecule has 1 aliphatic rings. The molecule has 4 rings (SSSR count). The van der Waals surface area contributed by atoms with E-state index in [0.717, 1.165) is 11.0 Å². The number of anilines is 1. The number of benzene rings is 3. The molecule has 0 spiro atoms. The zero-order valence-electron chi connectivity index (χ0n) is 18.3. The lowest BCUT2D eigenvalue weighted by Crippen LogP contribution is -2.30. The number of carbonyl (C=O) groups excluding carboxylic acids is 3. The van der Waals surface area contributed by atoms with Gasteiger partial charge in [-0.15, -0.1) is 0 Å². The number of hydrogen-bond donors (Lipinski definition) is 0. The summed E-state index contributed by atoms with van der Waals surface area (Å²) in [5.41, 5.74) is 0.885. The molecule has 3 aromatic rings. The van der Waals surface area contributed by atoms with E-state index in [1.807, 2.05) is 18.2 Å². The normalized spacial score (nSPS) is 12.8. The van der Waals surface area contributed by atoms with E-state index < -0.39 is 23.6 Å². The number of halogens is 1. The maximum absolute atomic E-state index is 15.1. The number of carbonyl (C=O) groups is 3. The average molecular weight is 447 g/mol. The quantitative estimate of drug-likeness (QED) is 0.379. The lowest BCUT2D eigenvalue weighted by Gasteiger charge is -2.16. The minimum atomic E-state index is -0.797. The van der Waals surface area contributed by atoms with E-state index in [1.165, 1.54) is 18.2 Å². The van der Waals surface area contributed by atoms with Crippen LogP contribution in [0.3, 0.4) is 0 Å². The molecule has 0 aromatic heterocycles. The van der Waals surface area contributed by atoms with Gasteiger partial charge in [0.15, 0.2) is 0 Å². The van der Waals surface area contributed by atoms with E-state index in [4.69, 9.17) is 9.47 Å². The van der Waals surface area contributed by atoms with Gasteiger partial charge in [-0.3, -0.25) is 14.4 Å². The van der Waals surface area contributed by atoms with Crippen molar-refractivity contribution in [2.45, 2.75) is 20.3 Å². The smallest absolute Gasteiger partial charge is 0.310 e. The van der Waals surface area contributed by atoms with Crippen LogP contribution in [-0.4, -0.2) is 31.0 Å². The Morgan fingerprint density at radius 2 is 1.73 bits per heavy atom.